The fraction of sp³-hybridized carbons (Fsp3) is 0.467. The number of imide groups is 1. The fourth-order valence-electron chi connectivity index (χ4n) is 2.64. The van der Waals surface area contributed by atoms with Crippen molar-refractivity contribution in [1.29, 1.82) is 0 Å². The summed E-state index contributed by atoms with van der Waals surface area (Å²) in [5.74, 6) is -0.542. The Labute approximate surface area is 118 Å². The molecule has 102 valence electrons. The number of amides is 2. The van der Waals surface area contributed by atoms with E-state index in [1.165, 1.54) is 0 Å². The number of hydrogen-bond acceptors (Lipinski definition) is 2. The van der Waals surface area contributed by atoms with Crippen LogP contribution in [-0.4, -0.2) is 11.8 Å². The average molecular weight is 280 g/mol. The molecule has 1 aliphatic heterocycles. The number of benzene rings is 1. The number of nitrogens with one attached hydrogen (secondary N) is 1. The second kappa shape index (κ2) is 5.74. The molecular weight excluding hydrogens is 262 g/mol. The van der Waals surface area contributed by atoms with E-state index in [0.717, 1.165) is 24.0 Å². The molecule has 1 heterocycles. The smallest absolute Gasteiger partial charge is 0.230 e. The number of halogens is 1. The fourth-order valence-corrected chi connectivity index (χ4v) is 2.83. The number of carbonyl (C=O) groups is 2. The lowest BCUT2D eigenvalue weighted by atomic mass is 9.78. The number of carbonyl (C=O) groups excluding carboxylic acids is 2. The quantitative estimate of drug-likeness (QED) is 0.864. The molecule has 2 atom stereocenters. The number of piperidine rings is 1. The van der Waals surface area contributed by atoms with Gasteiger partial charge in [0.25, 0.3) is 0 Å². The highest BCUT2D eigenvalue weighted by molar-refractivity contribution is 6.31. The van der Waals surface area contributed by atoms with Crippen molar-refractivity contribution in [2.45, 2.75) is 39.0 Å². The first-order valence-electron chi connectivity index (χ1n) is 6.62. The zero-order valence-electron chi connectivity index (χ0n) is 11.2. The van der Waals surface area contributed by atoms with E-state index in [9.17, 15) is 9.59 Å². The van der Waals surface area contributed by atoms with Gasteiger partial charge in [0, 0.05) is 23.3 Å². The van der Waals surface area contributed by atoms with Crippen LogP contribution in [0.4, 0.5) is 0 Å². The number of hydrogen-bond donors (Lipinski definition) is 1. The van der Waals surface area contributed by atoms with Gasteiger partial charge in [0.15, 0.2) is 0 Å². The Morgan fingerprint density at radius 1 is 1.37 bits per heavy atom. The molecule has 1 aromatic carbocycles. The van der Waals surface area contributed by atoms with E-state index >= 15 is 0 Å². The maximum Gasteiger partial charge on any atom is 0.230 e. The minimum absolute atomic E-state index is 0.0562. The molecule has 0 aromatic heterocycles. The van der Waals surface area contributed by atoms with Crippen molar-refractivity contribution in [3.05, 3.63) is 34.3 Å². The van der Waals surface area contributed by atoms with E-state index in [0.29, 0.717) is 11.4 Å². The largest absolute Gasteiger partial charge is 0.296 e. The van der Waals surface area contributed by atoms with Gasteiger partial charge in [0.1, 0.15) is 0 Å². The van der Waals surface area contributed by atoms with Crippen LogP contribution >= 0.6 is 11.6 Å². The number of rotatable bonds is 3. The highest BCUT2D eigenvalue weighted by Gasteiger charge is 2.36. The highest BCUT2D eigenvalue weighted by Crippen LogP contribution is 2.35. The summed E-state index contributed by atoms with van der Waals surface area (Å²) in [5.41, 5.74) is 1.99. The van der Waals surface area contributed by atoms with Crippen molar-refractivity contribution in [3.8, 4) is 0 Å². The predicted molar refractivity (Wildman–Crippen MR) is 75.1 cm³/mol. The second-order valence-corrected chi connectivity index (χ2v) is 5.53. The molecule has 1 N–H and O–H groups in total. The van der Waals surface area contributed by atoms with Crippen LogP contribution in [0.3, 0.4) is 0 Å². The number of aryl methyl sites for hydroxylation is 1. The lowest BCUT2D eigenvalue weighted by Gasteiger charge is -2.30. The van der Waals surface area contributed by atoms with Crippen LogP contribution in [0.5, 0.6) is 0 Å². The van der Waals surface area contributed by atoms with Gasteiger partial charge >= 0.3 is 0 Å². The van der Waals surface area contributed by atoms with E-state index < -0.39 is 0 Å². The van der Waals surface area contributed by atoms with Crippen molar-refractivity contribution in [2.24, 2.45) is 5.92 Å². The molecule has 2 rings (SSSR count). The normalized spacial score (nSPS) is 23.3. The van der Waals surface area contributed by atoms with Crippen LogP contribution < -0.4 is 5.32 Å². The Morgan fingerprint density at radius 2 is 2.11 bits per heavy atom. The summed E-state index contributed by atoms with van der Waals surface area (Å²) in [6.07, 6.45) is 2.06. The molecule has 0 radical (unpaired) electrons. The summed E-state index contributed by atoms with van der Waals surface area (Å²) >= 11 is 6.15. The average Bonchev–Trinajstić information content (AvgIpc) is 2.36. The van der Waals surface area contributed by atoms with E-state index in [2.05, 4.69) is 5.32 Å². The Bertz CT molecular complexity index is 513. The molecule has 0 bridgehead atoms. The molecule has 1 aliphatic rings. The molecule has 0 saturated carbocycles. The van der Waals surface area contributed by atoms with Gasteiger partial charge in [-0.1, -0.05) is 37.1 Å². The summed E-state index contributed by atoms with van der Waals surface area (Å²) in [6.45, 7) is 3.98. The van der Waals surface area contributed by atoms with Crippen molar-refractivity contribution in [3.63, 3.8) is 0 Å². The van der Waals surface area contributed by atoms with E-state index in [-0.39, 0.29) is 23.7 Å². The molecular formula is C15H18ClNO2. The van der Waals surface area contributed by atoms with Crippen molar-refractivity contribution in [1.82, 2.24) is 5.32 Å². The summed E-state index contributed by atoms with van der Waals surface area (Å²) < 4.78 is 0. The Hall–Kier alpha value is -1.35. The maximum absolute atomic E-state index is 12.0. The van der Waals surface area contributed by atoms with E-state index in [1.807, 2.05) is 32.0 Å². The van der Waals surface area contributed by atoms with Crippen LogP contribution in [0.25, 0.3) is 0 Å². The van der Waals surface area contributed by atoms with E-state index in [4.69, 9.17) is 11.6 Å². The van der Waals surface area contributed by atoms with Crippen LogP contribution in [-0.2, 0) is 9.59 Å². The monoisotopic (exact) mass is 279 g/mol. The summed E-state index contributed by atoms with van der Waals surface area (Å²) in [7, 11) is 0. The Morgan fingerprint density at radius 3 is 2.74 bits per heavy atom. The third-order valence-corrected chi connectivity index (χ3v) is 4.12. The zero-order valence-corrected chi connectivity index (χ0v) is 12.0. The lowest BCUT2D eigenvalue weighted by Crippen LogP contribution is -2.44. The Kier molecular flexibility index (Phi) is 4.25. The minimum atomic E-state index is -0.195. The molecule has 4 heteroatoms. The van der Waals surface area contributed by atoms with Gasteiger partial charge in [-0.2, -0.15) is 0 Å². The lowest BCUT2D eigenvalue weighted by molar-refractivity contribution is -0.137. The van der Waals surface area contributed by atoms with Gasteiger partial charge in [-0.15, -0.1) is 0 Å². The molecule has 1 saturated heterocycles. The Balaban J connectivity index is 2.34. The third-order valence-electron chi connectivity index (χ3n) is 3.71. The highest BCUT2D eigenvalue weighted by atomic mass is 35.5. The van der Waals surface area contributed by atoms with Gasteiger partial charge in [0.2, 0.25) is 11.8 Å². The first-order chi connectivity index (χ1) is 9.02. The molecule has 1 fully saturated rings. The molecule has 3 nitrogen and oxygen atoms in total. The van der Waals surface area contributed by atoms with Crippen molar-refractivity contribution >= 4 is 23.4 Å². The van der Waals surface area contributed by atoms with Crippen LogP contribution in [0.15, 0.2) is 18.2 Å². The summed E-state index contributed by atoms with van der Waals surface area (Å²) in [5, 5.41) is 3.12. The predicted octanol–water partition coefficient (Wildman–Crippen LogP) is 3.19. The van der Waals surface area contributed by atoms with Crippen molar-refractivity contribution in [2.75, 3.05) is 0 Å². The topological polar surface area (TPSA) is 46.2 Å². The molecule has 1 aromatic rings. The SMILES string of the molecule is CCCC1C(=O)NC(=O)CC1c1ccc(C)c(Cl)c1. The standard InChI is InChI=1S/C15H18ClNO2/c1-3-4-11-12(8-14(18)17-15(11)19)10-6-5-9(2)13(16)7-10/h5-7,11-12H,3-4,8H2,1-2H3,(H,17,18,19). The summed E-state index contributed by atoms with van der Waals surface area (Å²) in [6, 6.07) is 5.80. The van der Waals surface area contributed by atoms with E-state index in [1.54, 1.807) is 0 Å². The molecule has 0 spiro atoms. The molecule has 0 aliphatic carbocycles. The van der Waals surface area contributed by atoms with Gasteiger partial charge < -0.3 is 0 Å². The molecule has 2 amide bonds. The summed E-state index contributed by atoms with van der Waals surface area (Å²) in [4.78, 5) is 23.6. The maximum atomic E-state index is 12.0. The third kappa shape index (κ3) is 2.98. The molecule has 19 heavy (non-hydrogen) atoms. The first-order valence-corrected chi connectivity index (χ1v) is 7.00. The van der Waals surface area contributed by atoms with Crippen LogP contribution in [0.1, 0.15) is 43.2 Å². The van der Waals surface area contributed by atoms with Gasteiger partial charge in [-0.3, -0.25) is 14.9 Å². The van der Waals surface area contributed by atoms with Crippen LogP contribution in [0, 0.1) is 12.8 Å². The van der Waals surface area contributed by atoms with Crippen molar-refractivity contribution < 1.29 is 9.59 Å². The van der Waals surface area contributed by atoms with Crippen LogP contribution in [0.2, 0.25) is 5.02 Å². The van der Waals surface area contributed by atoms with Gasteiger partial charge in [-0.25, -0.2) is 0 Å². The first kappa shape index (κ1) is 14.1. The zero-order chi connectivity index (χ0) is 14.0. The van der Waals surface area contributed by atoms with Gasteiger partial charge in [0.05, 0.1) is 0 Å². The molecule has 2 unspecified atom stereocenters. The minimum Gasteiger partial charge on any atom is -0.296 e. The second-order valence-electron chi connectivity index (χ2n) is 5.13. The van der Waals surface area contributed by atoms with Gasteiger partial charge in [-0.05, 0) is 30.5 Å².